The van der Waals surface area contributed by atoms with Crippen LogP contribution in [0.1, 0.15) is 53.6 Å². The molecule has 0 radical (unpaired) electrons. The van der Waals surface area contributed by atoms with Gasteiger partial charge in [-0.2, -0.15) is 0 Å². The van der Waals surface area contributed by atoms with Crippen molar-refractivity contribution in [3.8, 4) is 0 Å². The maximum absolute atomic E-state index is 12.5. The molecule has 0 unspecified atom stereocenters. The van der Waals surface area contributed by atoms with Gasteiger partial charge in [-0.05, 0) is 69.4 Å². The van der Waals surface area contributed by atoms with Crippen molar-refractivity contribution in [3.63, 3.8) is 0 Å². The second-order valence-electron chi connectivity index (χ2n) is 8.42. The molecular formula is C23H32N2O4S. The van der Waals surface area contributed by atoms with Crippen molar-refractivity contribution in [2.24, 2.45) is 5.92 Å². The van der Waals surface area contributed by atoms with E-state index in [2.05, 4.69) is 17.1 Å². The van der Waals surface area contributed by atoms with Crippen LogP contribution in [-0.4, -0.2) is 45.4 Å². The maximum Gasteiger partial charge on any atom is 0.286 e. The fourth-order valence-corrected chi connectivity index (χ4v) is 5.16. The van der Waals surface area contributed by atoms with Gasteiger partial charge in [-0.25, -0.2) is 8.42 Å². The van der Waals surface area contributed by atoms with Crippen LogP contribution in [0.2, 0.25) is 0 Å². The number of nitrogens with one attached hydrogen (secondary N) is 1. The smallest absolute Gasteiger partial charge is 0.286 e. The van der Waals surface area contributed by atoms with Crippen molar-refractivity contribution in [2.75, 3.05) is 26.2 Å². The number of piperidine rings is 1. The quantitative estimate of drug-likeness (QED) is 0.613. The predicted octanol–water partition coefficient (Wildman–Crippen LogP) is 3.55. The number of carbonyl (C=O) groups excluding carboxylic acids is 1. The summed E-state index contributed by atoms with van der Waals surface area (Å²) < 4.78 is 30.5. The van der Waals surface area contributed by atoms with Crippen LogP contribution in [0.3, 0.4) is 0 Å². The highest BCUT2D eigenvalue weighted by atomic mass is 32.2. The molecule has 1 fully saturated rings. The summed E-state index contributed by atoms with van der Waals surface area (Å²) in [5, 5.41) is 2.86. The van der Waals surface area contributed by atoms with Crippen molar-refractivity contribution in [1.82, 2.24) is 10.2 Å². The molecule has 0 saturated carbocycles. The molecule has 1 aromatic heterocycles. The fraction of sp³-hybridized carbons (Fsp3) is 0.522. The Morgan fingerprint density at radius 1 is 1.17 bits per heavy atom. The molecule has 1 aliphatic rings. The van der Waals surface area contributed by atoms with E-state index in [0.29, 0.717) is 6.54 Å². The lowest BCUT2D eigenvalue weighted by atomic mass is 9.99. The normalized spacial score (nSPS) is 15.9. The van der Waals surface area contributed by atoms with Gasteiger partial charge in [-0.3, -0.25) is 4.79 Å². The first-order valence-electron chi connectivity index (χ1n) is 10.7. The van der Waals surface area contributed by atoms with E-state index in [0.717, 1.165) is 43.1 Å². The van der Waals surface area contributed by atoms with E-state index in [4.69, 9.17) is 4.42 Å². The molecular weight excluding hydrogens is 400 g/mol. The van der Waals surface area contributed by atoms with Crippen molar-refractivity contribution < 1.29 is 17.6 Å². The first-order valence-corrected chi connectivity index (χ1v) is 12.5. The van der Waals surface area contributed by atoms with E-state index in [1.165, 1.54) is 12.8 Å². The van der Waals surface area contributed by atoms with E-state index in [-0.39, 0.29) is 28.9 Å². The number of hydrogen-bond donors (Lipinski definition) is 1. The summed E-state index contributed by atoms with van der Waals surface area (Å²) in [6, 6.07) is 10.6. The number of nitrogens with zero attached hydrogens (tertiary/aromatic N) is 1. The van der Waals surface area contributed by atoms with Crippen molar-refractivity contribution in [1.29, 1.82) is 0 Å². The summed E-state index contributed by atoms with van der Waals surface area (Å²) in [7, 11) is -3.39. The molecule has 2 heterocycles. The first-order chi connectivity index (χ1) is 14.3. The number of carbonyl (C=O) groups is 1. The Labute approximate surface area is 179 Å². The van der Waals surface area contributed by atoms with E-state index in [9.17, 15) is 13.2 Å². The number of benzene rings is 1. The van der Waals surface area contributed by atoms with Crippen LogP contribution in [0, 0.1) is 12.8 Å². The number of aryl methyl sites for hydroxylation is 1. The van der Waals surface area contributed by atoms with Crippen LogP contribution in [0.25, 0.3) is 0 Å². The second kappa shape index (κ2) is 10.3. The van der Waals surface area contributed by atoms with E-state index < -0.39 is 9.84 Å². The minimum absolute atomic E-state index is 0.0494. The molecule has 3 rings (SSSR count). The Hall–Kier alpha value is -2.12. The van der Waals surface area contributed by atoms with Gasteiger partial charge in [-0.15, -0.1) is 0 Å². The van der Waals surface area contributed by atoms with Crippen LogP contribution in [-0.2, 0) is 21.3 Å². The average molecular weight is 433 g/mol. The highest BCUT2D eigenvalue weighted by Crippen LogP contribution is 2.17. The summed E-state index contributed by atoms with van der Waals surface area (Å²) in [4.78, 5) is 14.7. The van der Waals surface area contributed by atoms with Gasteiger partial charge in [0, 0.05) is 6.54 Å². The topological polar surface area (TPSA) is 79.6 Å². The third kappa shape index (κ3) is 6.99. The standard InChI is InChI=1S/C23H32N2O4S/c1-18-9-13-25(14-10-18)12-4-11-24-23(26)22-8-7-21(29-22)17-30(27,28)16-20-6-3-5-19(2)15-20/h3,5-8,15,18H,4,9-14,16-17H2,1-2H3,(H,24,26). The molecule has 1 aromatic carbocycles. The van der Waals surface area contributed by atoms with Gasteiger partial charge in [-0.1, -0.05) is 36.8 Å². The molecule has 1 amide bonds. The lowest BCUT2D eigenvalue weighted by molar-refractivity contribution is 0.0921. The summed E-state index contributed by atoms with van der Waals surface area (Å²) in [6.45, 7) is 8.05. The van der Waals surface area contributed by atoms with E-state index in [1.54, 1.807) is 18.2 Å². The molecule has 30 heavy (non-hydrogen) atoms. The minimum atomic E-state index is -3.39. The Balaban J connectivity index is 1.44. The van der Waals surface area contributed by atoms with Gasteiger partial charge >= 0.3 is 0 Å². The van der Waals surface area contributed by atoms with Gasteiger partial charge in [0.25, 0.3) is 5.91 Å². The molecule has 2 aromatic rings. The first kappa shape index (κ1) is 22.6. The number of likely N-dealkylation sites (tertiary alicyclic amines) is 1. The monoisotopic (exact) mass is 432 g/mol. The molecule has 0 bridgehead atoms. The highest BCUT2D eigenvalue weighted by molar-refractivity contribution is 7.89. The molecule has 7 heteroatoms. The van der Waals surface area contributed by atoms with Gasteiger partial charge in [0.15, 0.2) is 15.6 Å². The fourth-order valence-electron chi connectivity index (χ4n) is 3.78. The Kier molecular flexibility index (Phi) is 7.72. The second-order valence-corrected chi connectivity index (χ2v) is 10.5. The molecule has 1 aliphatic heterocycles. The number of sulfone groups is 1. The van der Waals surface area contributed by atoms with E-state index in [1.807, 2.05) is 25.1 Å². The zero-order chi connectivity index (χ0) is 21.6. The summed E-state index contributed by atoms with van der Waals surface area (Å²) in [5.74, 6) is 0.686. The van der Waals surface area contributed by atoms with Crippen LogP contribution in [0.15, 0.2) is 40.8 Å². The Morgan fingerprint density at radius 3 is 2.67 bits per heavy atom. The Morgan fingerprint density at radius 2 is 1.93 bits per heavy atom. The van der Waals surface area contributed by atoms with Gasteiger partial charge in [0.2, 0.25) is 0 Å². The summed E-state index contributed by atoms with van der Waals surface area (Å²) >= 11 is 0. The van der Waals surface area contributed by atoms with Crippen LogP contribution in [0.4, 0.5) is 0 Å². The Bertz CT molecular complexity index is 944. The zero-order valence-corrected chi connectivity index (χ0v) is 18.7. The molecule has 0 spiro atoms. The minimum Gasteiger partial charge on any atom is -0.455 e. The number of rotatable bonds is 9. The largest absolute Gasteiger partial charge is 0.455 e. The molecule has 0 aliphatic carbocycles. The van der Waals surface area contributed by atoms with Crippen LogP contribution >= 0.6 is 0 Å². The van der Waals surface area contributed by atoms with E-state index >= 15 is 0 Å². The summed E-state index contributed by atoms with van der Waals surface area (Å²) in [5.41, 5.74) is 1.78. The SMILES string of the molecule is Cc1cccc(CS(=O)(=O)Cc2ccc(C(=O)NCCCN3CCC(C)CC3)o2)c1. The third-order valence-corrected chi connectivity index (χ3v) is 7.03. The molecule has 164 valence electrons. The van der Waals surface area contributed by atoms with Crippen LogP contribution < -0.4 is 5.32 Å². The lowest BCUT2D eigenvalue weighted by Crippen LogP contribution is -2.35. The third-order valence-electron chi connectivity index (χ3n) is 5.53. The summed E-state index contributed by atoms with van der Waals surface area (Å²) in [6.07, 6.45) is 3.38. The maximum atomic E-state index is 12.5. The lowest BCUT2D eigenvalue weighted by Gasteiger charge is -2.30. The molecule has 6 nitrogen and oxygen atoms in total. The number of hydrogen-bond acceptors (Lipinski definition) is 5. The molecule has 1 N–H and O–H groups in total. The van der Waals surface area contributed by atoms with Crippen LogP contribution in [0.5, 0.6) is 0 Å². The van der Waals surface area contributed by atoms with Crippen molar-refractivity contribution >= 4 is 15.7 Å². The van der Waals surface area contributed by atoms with Gasteiger partial charge in [0.05, 0.1) is 5.75 Å². The number of amides is 1. The average Bonchev–Trinajstić information content (AvgIpc) is 3.14. The van der Waals surface area contributed by atoms with Gasteiger partial charge < -0.3 is 14.6 Å². The molecule has 0 atom stereocenters. The highest BCUT2D eigenvalue weighted by Gasteiger charge is 2.18. The number of furan rings is 1. The zero-order valence-electron chi connectivity index (χ0n) is 17.9. The predicted molar refractivity (Wildman–Crippen MR) is 118 cm³/mol. The van der Waals surface area contributed by atoms with Crippen molar-refractivity contribution in [2.45, 2.75) is 44.6 Å². The van der Waals surface area contributed by atoms with Crippen molar-refractivity contribution in [3.05, 3.63) is 59.0 Å². The van der Waals surface area contributed by atoms with Gasteiger partial charge in [0.1, 0.15) is 11.5 Å². The molecule has 1 saturated heterocycles.